The molecule has 0 saturated heterocycles. The Hall–Kier alpha value is -4.10. The topological polar surface area (TPSA) is 136 Å². The summed E-state index contributed by atoms with van der Waals surface area (Å²) in [6.07, 6.45) is 2.84. The number of methoxy groups -OCH3 is 1. The number of hydrogen-bond acceptors (Lipinski definition) is 9. The van der Waals surface area contributed by atoms with Crippen LogP contribution in [0.5, 0.6) is 5.88 Å². The van der Waals surface area contributed by atoms with Crippen molar-refractivity contribution >= 4 is 49.9 Å². The number of pyridine rings is 2. The van der Waals surface area contributed by atoms with Crippen molar-refractivity contribution in [3.8, 4) is 17.0 Å². The summed E-state index contributed by atoms with van der Waals surface area (Å²) in [5.41, 5.74) is 1.08. The van der Waals surface area contributed by atoms with Crippen LogP contribution in [0, 0.1) is 12.7 Å². The second kappa shape index (κ2) is 8.84. The summed E-state index contributed by atoms with van der Waals surface area (Å²) in [5, 5.41) is 11.9. The number of aryl methyl sites for hydroxylation is 1. The monoisotopic (exact) mass is 528 g/mol. The van der Waals surface area contributed by atoms with Crippen LogP contribution < -0.4 is 14.8 Å². The molecule has 36 heavy (non-hydrogen) atoms. The number of rotatable bonds is 6. The van der Waals surface area contributed by atoms with Crippen LogP contribution in [0.15, 0.2) is 47.6 Å². The van der Waals surface area contributed by atoms with Crippen molar-refractivity contribution in [1.29, 1.82) is 0 Å². The van der Waals surface area contributed by atoms with E-state index in [1.807, 2.05) is 0 Å². The lowest BCUT2D eigenvalue weighted by atomic mass is 10.0. The van der Waals surface area contributed by atoms with Gasteiger partial charge in [0.25, 0.3) is 10.0 Å². The lowest BCUT2D eigenvalue weighted by Crippen LogP contribution is -2.16. The molecule has 0 radical (unpaired) electrons. The maximum absolute atomic E-state index is 15.8. The highest BCUT2D eigenvalue weighted by atomic mass is 35.5. The number of nitrogens with one attached hydrogen (secondary N) is 2. The van der Waals surface area contributed by atoms with Gasteiger partial charge in [-0.1, -0.05) is 23.7 Å². The van der Waals surface area contributed by atoms with Gasteiger partial charge in [0.1, 0.15) is 5.82 Å². The van der Waals surface area contributed by atoms with Gasteiger partial charge >= 0.3 is 0 Å². The van der Waals surface area contributed by atoms with Gasteiger partial charge in [-0.25, -0.2) is 22.8 Å². The smallest absolute Gasteiger partial charge is 0.267 e. The zero-order valence-corrected chi connectivity index (χ0v) is 20.7. The molecule has 184 valence electrons. The van der Waals surface area contributed by atoms with Crippen molar-refractivity contribution in [3.05, 3.63) is 59.4 Å². The molecule has 0 unspecified atom stereocenters. The molecule has 0 fully saturated rings. The Morgan fingerprint density at radius 1 is 1.08 bits per heavy atom. The highest BCUT2D eigenvalue weighted by molar-refractivity contribution is 7.92. The molecule has 5 rings (SSSR count). The molecule has 0 aliphatic heterocycles. The molecule has 4 heterocycles. The van der Waals surface area contributed by atoms with Crippen LogP contribution in [0.3, 0.4) is 0 Å². The van der Waals surface area contributed by atoms with Gasteiger partial charge in [0.15, 0.2) is 22.0 Å². The number of sulfonamides is 1. The van der Waals surface area contributed by atoms with E-state index in [1.54, 1.807) is 30.6 Å². The summed E-state index contributed by atoms with van der Waals surface area (Å²) in [6.45, 7) is 1.75. The maximum Gasteiger partial charge on any atom is 0.267 e. The molecule has 5 aromatic rings. The Balaban J connectivity index is 1.66. The average molecular weight is 529 g/mol. The molecular weight excluding hydrogens is 511 g/mol. The fourth-order valence-electron chi connectivity index (χ4n) is 3.76. The van der Waals surface area contributed by atoms with Crippen LogP contribution >= 0.6 is 11.6 Å². The SMILES string of the molecule is CNc1ncc2cc(-c3cccc(NS(=O)(=O)c4cc(Cl)cnc4OC)c3F)c3nnc(C)n3c2n1. The van der Waals surface area contributed by atoms with Gasteiger partial charge in [-0.3, -0.25) is 9.12 Å². The second-order valence-electron chi connectivity index (χ2n) is 7.62. The standard InChI is InChI=1S/C22H18ClFN8O3S/c1-11-29-30-20-15(7-12-9-27-22(25-2)28-19(12)32(11)20)14-5-4-6-16(18(14)24)31-36(33,34)17-8-13(23)10-26-21(17)35-3/h4-10,31H,1-3H3,(H,25,27,28). The molecule has 0 amide bonds. The third-order valence-electron chi connectivity index (χ3n) is 5.40. The number of hydrogen-bond donors (Lipinski definition) is 2. The number of aromatic nitrogens is 6. The maximum atomic E-state index is 15.8. The van der Waals surface area contributed by atoms with Gasteiger partial charge in [-0.2, -0.15) is 4.98 Å². The van der Waals surface area contributed by atoms with Crippen LogP contribution in [0.25, 0.3) is 27.8 Å². The minimum absolute atomic E-state index is 0.0785. The average Bonchev–Trinajstić information content (AvgIpc) is 3.26. The Kier molecular flexibility index (Phi) is 5.80. The number of halogens is 2. The highest BCUT2D eigenvalue weighted by Gasteiger charge is 2.25. The first kappa shape index (κ1) is 23.6. The molecule has 0 atom stereocenters. The summed E-state index contributed by atoms with van der Waals surface area (Å²) >= 11 is 5.93. The summed E-state index contributed by atoms with van der Waals surface area (Å²) in [5.74, 6) is -0.0575. The zero-order chi connectivity index (χ0) is 25.6. The van der Waals surface area contributed by atoms with E-state index in [0.29, 0.717) is 34.0 Å². The molecular formula is C22H18ClFN8O3S. The quantitative estimate of drug-likeness (QED) is 0.338. The molecule has 0 aliphatic carbocycles. The Morgan fingerprint density at radius 3 is 2.64 bits per heavy atom. The van der Waals surface area contributed by atoms with E-state index in [1.165, 1.54) is 37.6 Å². The van der Waals surface area contributed by atoms with Crippen molar-refractivity contribution in [2.45, 2.75) is 11.8 Å². The summed E-state index contributed by atoms with van der Waals surface area (Å²) in [6, 6.07) is 7.19. The predicted molar refractivity (Wildman–Crippen MR) is 132 cm³/mol. The van der Waals surface area contributed by atoms with Crippen molar-refractivity contribution in [2.24, 2.45) is 0 Å². The molecule has 11 nitrogen and oxygen atoms in total. The van der Waals surface area contributed by atoms with E-state index in [9.17, 15) is 8.42 Å². The molecule has 14 heteroatoms. The van der Waals surface area contributed by atoms with Crippen molar-refractivity contribution in [3.63, 3.8) is 0 Å². The lowest BCUT2D eigenvalue weighted by molar-refractivity contribution is 0.385. The zero-order valence-electron chi connectivity index (χ0n) is 19.1. The van der Waals surface area contributed by atoms with E-state index in [0.717, 1.165) is 0 Å². The Labute approximate surface area is 209 Å². The first-order chi connectivity index (χ1) is 17.2. The van der Waals surface area contributed by atoms with Crippen LogP contribution in [-0.2, 0) is 10.0 Å². The minimum Gasteiger partial charge on any atom is -0.480 e. The Morgan fingerprint density at radius 2 is 1.89 bits per heavy atom. The number of anilines is 2. The third-order valence-corrected chi connectivity index (χ3v) is 6.96. The molecule has 2 N–H and O–H groups in total. The van der Waals surface area contributed by atoms with E-state index >= 15 is 4.39 Å². The number of nitrogens with zero attached hydrogens (tertiary/aromatic N) is 6. The third kappa shape index (κ3) is 3.91. The summed E-state index contributed by atoms with van der Waals surface area (Å²) < 4.78 is 51.0. The van der Waals surface area contributed by atoms with Crippen LogP contribution in [0.2, 0.25) is 5.02 Å². The summed E-state index contributed by atoms with van der Waals surface area (Å²) in [4.78, 5) is 12.3. The Bertz CT molecular complexity index is 1760. The normalized spacial score (nSPS) is 11.7. The highest BCUT2D eigenvalue weighted by Crippen LogP contribution is 2.34. The largest absolute Gasteiger partial charge is 0.480 e. The molecule has 1 aromatic carbocycles. The number of ether oxygens (including phenoxy) is 1. The van der Waals surface area contributed by atoms with Crippen LogP contribution in [-0.4, -0.2) is 52.1 Å². The fourth-order valence-corrected chi connectivity index (χ4v) is 5.19. The lowest BCUT2D eigenvalue weighted by Gasteiger charge is -2.14. The molecule has 0 spiro atoms. The van der Waals surface area contributed by atoms with E-state index < -0.39 is 15.8 Å². The first-order valence-corrected chi connectivity index (χ1v) is 12.3. The van der Waals surface area contributed by atoms with Gasteiger partial charge in [-0.15, -0.1) is 10.2 Å². The van der Waals surface area contributed by atoms with E-state index in [2.05, 4.69) is 35.2 Å². The molecule has 0 saturated carbocycles. The molecule has 0 bridgehead atoms. The van der Waals surface area contributed by atoms with Gasteiger partial charge in [0.2, 0.25) is 11.8 Å². The predicted octanol–water partition coefficient (Wildman–Crippen LogP) is 3.69. The molecule has 4 aromatic heterocycles. The first-order valence-electron chi connectivity index (χ1n) is 10.4. The van der Waals surface area contributed by atoms with Gasteiger partial charge in [-0.05, 0) is 25.1 Å². The van der Waals surface area contributed by atoms with Crippen molar-refractivity contribution in [2.75, 3.05) is 24.2 Å². The fraction of sp³-hybridized carbons (Fsp3) is 0.136. The second-order valence-corrected chi connectivity index (χ2v) is 9.71. The van der Waals surface area contributed by atoms with Crippen LogP contribution in [0.1, 0.15) is 5.82 Å². The van der Waals surface area contributed by atoms with Crippen LogP contribution in [0.4, 0.5) is 16.0 Å². The van der Waals surface area contributed by atoms with E-state index in [-0.39, 0.29) is 27.0 Å². The summed E-state index contributed by atoms with van der Waals surface area (Å²) in [7, 11) is -1.34. The van der Waals surface area contributed by atoms with Crippen molar-refractivity contribution in [1.82, 2.24) is 29.5 Å². The molecule has 0 aliphatic rings. The number of fused-ring (bicyclic) bond motifs is 3. The van der Waals surface area contributed by atoms with E-state index in [4.69, 9.17) is 16.3 Å². The van der Waals surface area contributed by atoms with Gasteiger partial charge in [0.05, 0.1) is 17.8 Å². The number of benzene rings is 1. The van der Waals surface area contributed by atoms with Gasteiger partial charge < -0.3 is 10.1 Å². The minimum atomic E-state index is -4.30. The van der Waals surface area contributed by atoms with Crippen molar-refractivity contribution < 1.29 is 17.5 Å². The van der Waals surface area contributed by atoms with Gasteiger partial charge in [0, 0.05) is 36.0 Å².